The molecule has 2 aliphatic carbocycles. The maximum absolute atomic E-state index is 6.16. The number of hydrogen-bond donors (Lipinski definition) is 2. The van der Waals surface area contributed by atoms with Crippen molar-refractivity contribution in [1.82, 2.24) is 10.6 Å². The van der Waals surface area contributed by atoms with Crippen molar-refractivity contribution in [3.8, 4) is 0 Å². The Balaban J connectivity index is 1.42. The van der Waals surface area contributed by atoms with Crippen LogP contribution in [0.1, 0.15) is 31.2 Å². The highest BCUT2D eigenvalue weighted by atomic mass is 35.5. The fourth-order valence-electron chi connectivity index (χ4n) is 3.68. The molecule has 0 spiro atoms. The fourth-order valence-corrected chi connectivity index (χ4v) is 4.43. The number of halogens is 2. The molecule has 0 aromatic heterocycles. The van der Waals surface area contributed by atoms with Crippen molar-refractivity contribution >= 4 is 40.5 Å². The van der Waals surface area contributed by atoms with Crippen LogP contribution in [0.15, 0.2) is 18.2 Å². The van der Waals surface area contributed by atoms with Crippen molar-refractivity contribution in [3.05, 3.63) is 33.8 Å². The molecule has 5 heteroatoms. The quantitative estimate of drug-likeness (QED) is 0.802. The highest BCUT2D eigenvalue weighted by Gasteiger charge is 2.39. The Morgan fingerprint density at radius 3 is 2.76 bits per heavy atom. The van der Waals surface area contributed by atoms with Crippen LogP contribution in [-0.4, -0.2) is 17.7 Å². The fraction of sp³-hybridized carbons (Fsp3) is 0.562. The first-order valence-corrected chi connectivity index (χ1v) is 8.76. The standard InChI is InChI=1S/C16H20Cl2N2S/c17-13-4-3-11(14(18)9-13)5-6-19-16(21)20-15-8-10-1-2-12(15)7-10/h3-4,9-10,12,15H,1-2,5-8H2,(H2,19,20,21)/t10-,12+,15-/m1/s1. The first-order chi connectivity index (χ1) is 10.1. The third-order valence-corrected chi connectivity index (χ3v) is 5.60. The van der Waals surface area contributed by atoms with E-state index in [4.69, 9.17) is 35.4 Å². The molecule has 1 aromatic rings. The van der Waals surface area contributed by atoms with Gasteiger partial charge in [-0.2, -0.15) is 0 Å². The minimum Gasteiger partial charge on any atom is -0.362 e. The van der Waals surface area contributed by atoms with Gasteiger partial charge in [-0.15, -0.1) is 0 Å². The Kier molecular flexibility index (Phi) is 4.92. The van der Waals surface area contributed by atoms with Crippen LogP contribution in [-0.2, 0) is 6.42 Å². The molecule has 0 amide bonds. The lowest BCUT2D eigenvalue weighted by Gasteiger charge is -2.24. The van der Waals surface area contributed by atoms with Gasteiger partial charge in [-0.05, 0) is 67.4 Å². The second-order valence-corrected chi connectivity index (χ2v) is 7.42. The van der Waals surface area contributed by atoms with Crippen LogP contribution in [0.4, 0.5) is 0 Å². The summed E-state index contributed by atoms with van der Waals surface area (Å²) in [6.45, 7) is 0.786. The molecule has 0 aliphatic heterocycles. The van der Waals surface area contributed by atoms with Gasteiger partial charge < -0.3 is 10.6 Å². The van der Waals surface area contributed by atoms with Crippen LogP contribution in [0.5, 0.6) is 0 Å². The lowest BCUT2D eigenvalue weighted by molar-refractivity contribution is 0.389. The second kappa shape index (κ2) is 6.72. The van der Waals surface area contributed by atoms with Gasteiger partial charge in [-0.3, -0.25) is 0 Å². The van der Waals surface area contributed by atoms with Gasteiger partial charge in [0, 0.05) is 22.6 Å². The maximum Gasteiger partial charge on any atom is 0.166 e. The molecule has 0 unspecified atom stereocenters. The van der Waals surface area contributed by atoms with E-state index < -0.39 is 0 Å². The maximum atomic E-state index is 6.16. The first kappa shape index (κ1) is 15.4. The van der Waals surface area contributed by atoms with E-state index in [-0.39, 0.29) is 0 Å². The summed E-state index contributed by atoms with van der Waals surface area (Å²) in [5, 5.41) is 8.94. The monoisotopic (exact) mass is 342 g/mol. The average Bonchev–Trinajstić information content (AvgIpc) is 3.03. The lowest BCUT2D eigenvalue weighted by Crippen LogP contribution is -2.44. The van der Waals surface area contributed by atoms with Gasteiger partial charge in [0.2, 0.25) is 0 Å². The normalized spacial score (nSPS) is 26.9. The summed E-state index contributed by atoms with van der Waals surface area (Å²) in [5.74, 6) is 1.77. The molecule has 0 radical (unpaired) electrons. The van der Waals surface area contributed by atoms with E-state index >= 15 is 0 Å². The molecule has 114 valence electrons. The predicted octanol–water partition coefficient (Wildman–Crippen LogP) is 4.19. The van der Waals surface area contributed by atoms with Gasteiger partial charge in [-0.25, -0.2) is 0 Å². The van der Waals surface area contributed by atoms with Gasteiger partial charge >= 0.3 is 0 Å². The van der Waals surface area contributed by atoms with E-state index in [1.165, 1.54) is 25.7 Å². The summed E-state index contributed by atoms with van der Waals surface area (Å²) < 4.78 is 0. The van der Waals surface area contributed by atoms with Crippen molar-refractivity contribution in [2.75, 3.05) is 6.54 Å². The van der Waals surface area contributed by atoms with E-state index in [2.05, 4.69) is 10.6 Å². The second-order valence-electron chi connectivity index (χ2n) is 6.17. The molecular weight excluding hydrogens is 323 g/mol. The Morgan fingerprint density at radius 2 is 2.10 bits per heavy atom. The molecule has 21 heavy (non-hydrogen) atoms. The molecule has 2 bridgehead atoms. The highest BCUT2D eigenvalue weighted by molar-refractivity contribution is 7.80. The number of benzene rings is 1. The summed E-state index contributed by atoms with van der Waals surface area (Å²) in [7, 11) is 0. The van der Waals surface area contributed by atoms with E-state index in [1.54, 1.807) is 6.07 Å². The number of thiocarbonyl (C=S) groups is 1. The van der Waals surface area contributed by atoms with E-state index in [0.29, 0.717) is 11.1 Å². The molecule has 2 N–H and O–H groups in total. The largest absolute Gasteiger partial charge is 0.362 e. The summed E-state index contributed by atoms with van der Waals surface area (Å²) in [6.07, 6.45) is 6.30. The highest BCUT2D eigenvalue weighted by Crippen LogP contribution is 2.44. The Bertz CT molecular complexity index is 535. The Labute approximate surface area is 141 Å². The topological polar surface area (TPSA) is 24.1 Å². The smallest absolute Gasteiger partial charge is 0.166 e. The van der Waals surface area contributed by atoms with Gasteiger partial charge in [0.15, 0.2) is 5.11 Å². The molecule has 2 fully saturated rings. The molecule has 2 aliphatic rings. The van der Waals surface area contributed by atoms with Crippen LogP contribution in [0.2, 0.25) is 10.0 Å². The minimum atomic E-state index is 0.586. The van der Waals surface area contributed by atoms with Crippen LogP contribution < -0.4 is 10.6 Å². The van der Waals surface area contributed by atoms with Crippen molar-refractivity contribution in [3.63, 3.8) is 0 Å². The lowest BCUT2D eigenvalue weighted by atomic mass is 9.96. The zero-order chi connectivity index (χ0) is 14.8. The number of fused-ring (bicyclic) bond motifs is 2. The van der Waals surface area contributed by atoms with E-state index in [0.717, 1.165) is 40.5 Å². The van der Waals surface area contributed by atoms with Gasteiger partial charge in [0.05, 0.1) is 0 Å². The minimum absolute atomic E-state index is 0.586. The number of nitrogens with one attached hydrogen (secondary N) is 2. The SMILES string of the molecule is S=C(NCCc1ccc(Cl)cc1Cl)N[C@@H]1C[C@@H]2CC[C@H]1C2. The Morgan fingerprint density at radius 1 is 1.24 bits per heavy atom. The zero-order valence-electron chi connectivity index (χ0n) is 11.9. The summed E-state index contributed by atoms with van der Waals surface area (Å²) in [4.78, 5) is 0. The van der Waals surface area contributed by atoms with Crippen LogP contribution in [0.3, 0.4) is 0 Å². The third-order valence-electron chi connectivity index (χ3n) is 4.75. The first-order valence-electron chi connectivity index (χ1n) is 7.60. The van der Waals surface area contributed by atoms with Crippen molar-refractivity contribution < 1.29 is 0 Å². The predicted molar refractivity (Wildman–Crippen MR) is 93.1 cm³/mol. The summed E-state index contributed by atoms with van der Waals surface area (Å²) >= 11 is 17.5. The van der Waals surface area contributed by atoms with Gasteiger partial charge in [0.1, 0.15) is 0 Å². The van der Waals surface area contributed by atoms with Crippen LogP contribution >= 0.6 is 35.4 Å². The summed E-state index contributed by atoms with van der Waals surface area (Å²) in [6, 6.07) is 6.21. The number of rotatable bonds is 4. The molecule has 3 rings (SSSR count). The van der Waals surface area contributed by atoms with E-state index in [1.807, 2.05) is 12.1 Å². The molecule has 1 aromatic carbocycles. The van der Waals surface area contributed by atoms with Gasteiger partial charge in [-0.1, -0.05) is 35.7 Å². The van der Waals surface area contributed by atoms with Crippen molar-refractivity contribution in [1.29, 1.82) is 0 Å². The molecule has 0 heterocycles. The molecule has 0 saturated heterocycles. The zero-order valence-corrected chi connectivity index (χ0v) is 14.2. The van der Waals surface area contributed by atoms with Crippen molar-refractivity contribution in [2.24, 2.45) is 11.8 Å². The van der Waals surface area contributed by atoms with Gasteiger partial charge in [0.25, 0.3) is 0 Å². The molecule has 2 nitrogen and oxygen atoms in total. The molecule has 3 atom stereocenters. The van der Waals surface area contributed by atoms with Crippen LogP contribution in [0.25, 0.3) is 0 Å². The number of hydrogen-bond acceptors (Lipinski definition) is 1. The summed E-state index contributed by atoms with van der Waals surface area (Å²) in [5.41, 5.74) is 1.09. The Hall–Kier alpha value is -0.510. The van der Waals surface area contributed by atoms with Crippen LogP contribution in [0, 0.1) is 11.8 Å². The van der Waals surface area contributed by atoms with E-state index in [9.17, 15) is 0 Å². The average molecular weight is 343 g/mol. The third kappa shape index (κ3) is 3.82. The van der Waals surface area contributed by atoms with Crippen molar-refractivity contribution in [2.45, 2.75) is 38.1 Å². The molecule has 2 saturated carbocycles. The molecular formula is C16H20Cl2N2S.